The molecule has 1 rings (SSSR count). The van der Waals surface area contributed by atoms with Gasteiger partial charge in [-0.2, -0.15) is 0 Å². The van der Waals surface area contributed by atoms with Gasteiger partial charge in [-0.15, -0.1) is 0 Å². The van der Waals surface area contributed by atoms with Crippen molar-refractivity contribution in [2.75, 3.05) is 18.1 Å². The summed E-state index contributed by atoms with van der Waals surface area (Å²) in [7, 11) is 0. The van der Waals surface area contributed by atoms with Crippen LogP contribution in [0.15, 0.2) is 18.2 Å². The van der Waals surface area contributed by atoms with Crippen LogP contribution in [0.5, 0.6) is 0 Å². The van der Waals surface area contributed by atoms with E-state index in [2.05, 4.69) is 18.7 Å². The Bertz CT molecular complexity index is 367. The van der Waals surface area contributed by atoms with Gasteiger partial charge in [-0.1, -0.05) is 25.4 Å². The van der Waals surface area contributed by atoms with Gasteiger partial charge in [0.1, 0.15) is 0 Å². The number of halogens is 1. The second-order valence-electron chi connectivity index (χ2n) is 4.32. The lowest BCUT2D eigenvalue weighted by Crippen LogP contribution is -2.37. The van der Waals surface area contributed by atoms with Gasteiger partial charge in [0.2, 0.25) is 0 Å². The van der Waals surface area contributed by atoms with Crippen molar-refractivity contribution in [1.29, 1.82) is 0 Å². The van der Waals surface area contributed by atoms with Crippen LogP contribution in [0.25, 0.3) is 0 Å². The predicted octanol–water partition coefficient (Wildman–Crippen LogP) is 2.82. The molecule has 0 atom stereocenters. The number of anilines is 1. The van der Waals surface area contributed by atoms with E-state index in [1.165, 1.54) is 0 Å². The quantitative estimate of drug-likeness (QED) is 0.801. The Morgan fingerprint density at radius 1 is 1.22 bits per heavy atom. The Hall–Kier alpha value is -0.770. The van der Waals surface area contributed by atoms with E-state index in [0.717, 1.165) is 24.1 Å². The summed E-state index contributed by atoms with van der Waals surface area (Å²) in [5.74, 6) is 0. The summed E-state index contributed by atoms with van der Waals surface area (Å²) in [5, 5.41) is 19.3. The van der Waals surface area contributed by atoms with E-state index in [-0.39, 0.29) is 13.2 Å². The highest BCUT2D eigenvalue weighted by Crippen LogP contribution is 2.27. The van der Waals surface area contributed by atoms with Crippen LogP contribution in [0.3, 0.4) is 0 Å². The van der Waals surface area contributed by atoms with E-state index in [9.17, 15) is 10.2 Å². The van der Waals surface area contributed by atoms with Gasteiger partial charge in [0, 0.05) is 28.9 Å². The second kappa shape index (κ2) is 7.62. The van der Waals surface area contributed by atoms with Crippen LogP contribution in [0.2, 0.25) is 5.02 Å². The van der Waals surface area contributed by atoms with E-state index < -0.39 is 0 Å². The molecule has 0 amide bonds. The summed E-state index contributed by atoms with van der Waals surface area (Å²) >= 11 is 5.95. The molecule has 0 aliphatic rings. The number of hydrogen-bond acceptors (Lipinski definition) is 3. The lowest BCUT2D eigenvalue weighted by Gasteiger charge is -2.33. The number of aliphatic hydroxyl groups is 2. The van der Waals surface area contributed by atoms with E-state index in [1.54, 1.807) is 6.07 Å². The zero-order valence-corrected chi connectivity index (χ0v) is 11.8. The third kappa shape index (κ3) is 3.61. The number of hydrogen-bond donors (Lipinski definition) is 2. The average Bonchev–Trinajstić information content (AvgIpc) is 2.39. The molecule has 102 valence electrons. The van der Waals surface area contributed by atoms with Crippen LogP contribution in [0.1, 0.15) is 32.3 Å². The minimum Gasteiger partial charge on any atom is -0.395 e. The van der Waals surface area contributed by atoms with Gasteiger partial charge in [-0.3, -0.25) is 0 Å². The van der Waals surface area contributed by atoms with Crippen LogP contribution in [-0.4, -0.2) is 29.4 Å². The molecule has 0 aliphatic carbocycles. The maximum Gasteiger partial charge on any atom is 0.0702 e. The fourth-order valence-electron chi connectivity index (χ4n) is 2.30. The summed E-state index contributed by atoms with van der Waals surface area (Å²) in [6.45, 7) is 4.89. The molecular formula is C14H22ClNO2. The minimum atomic E-state index is -0.0437. The Kier molecular flexibility index (Phi) is 6.47. The van der Waals surface area contributed by atoms with Gasteiger partial charge in [0.15, 0.2) is 0 Å². The Labute approximate surface area is 114 Å². The first-order chi connectivity index (χ1) is 8.67. The van der Waals surface area contributed by atoms with Gasteiger partial charge >= 0.3 is 0 Å². The summed E-state index contributed by atoms with van der Waals surface area (Å²) in [6, 6.07) is 5.89. The molecule has 3 nitrogen and oxygen atoms in total. The molecule has 0 heterocycles. The van der Waals surface area contributed by atoms with Crippen molar-refractivity contribution < 1.29 is 10.2 Å². The molecule has 18 heavy (non-hydrogen) atoms. The Balaban J connectivity index is 3.11. The van der Waals surface area contributed by atoms with Crippen molar-refractivity contribution in [3.63, 3.8) is 0 Å². The summed E-state index contributed by atoms with van der Waals surface area (Å²) < 4.78 is 0. The van der Waals surface area contributed by atoms with E-state index in [4.69, 9.17) is 11.6 Å². The molecule has 0 aromatic heterocycles. The maximum atomic E-state index is 9.44. The molecule has 1 aromatic carbocycles. The number of rotatable bonds is 7. The van der Waals surface area contributed by atoms with Crippen molar-refractivity contribution >= 4 is 17.3 Å². The molecule has 1 aromatic rings. The normalized spacial score (nSPS) is 11.0. The number of aliphatic hydroxyl groups excluding tert-OH is 2. The summed E-state index contributed by atoms with van der Waals surface area (Å²) in [6.07, 6.45) is 2.01. The summed E-state index contributed by atoms with van der Waals surface area (Å²) in [4.78, 5) is 2.15. The van der Waals surface area contributed by atoms with Crippen molar-refractivity contribution in [3.05, 3.63) is 28.8 Å². The van der Waals surface area contributed by atoms with Crippen molar-refractivity contribution in [2.24, 2.45) is 0 Å². The fourth-order valence-corrected chi connectivity index (χ4v) is 2.49. The Morgan fingerprint density at radius 3 is 2.39 bits per heavy atom. The number of nitrogens with zero attached hydrogens (tertiary/aromatic N) is 1. The van der Waals surface area contributed by atoms with Crippen LogP contribution in [-0.2, 0) is 6.61 Å². The first kappa shape index (κ1) is 15.3. The molecule has 0 aliphatic heterocycles. The molecule has 0 fully saturated rings. The molecule has 4 heteroatoms. The third-order valence-electron chi connectivity index (χ3n) is 3.25. The van der Waals surface area contributed by atoms with Crippen molar-refractivity contribution in [1.82, 2.24) is 0 Å². The molecule has 0 spiro atoms. The second-order valence-corrected chi connectivity index (χ2v) is 4.75. The highest BCUT2D eigenvalue weighted by molar-refractivity contribution is 6.30. The van der Waals surface area contributed by atoms with Gasteiger partial charge < -0.3 is 15.1 Å². The molecule has 0 saturated heterocycles. The van der Waals surface area contributed by atoms with Gasteiger partial charge in [-0.25, -0.2) is 0 Å². The van der Waals surface area contributed by atoms with Crippen molar-refractivity contribution in [2.45, 2.75) is 39.3 Å². The zero-order chi connectivity index (χ0) is 13.5. The molecule has 0 unspecified atom stereocenters. The average molecular weight is 272 g/mol. The van der Waals surface area contributed by atoms with Crippen LogP contribution in [0.4, 0.5) is 5.69 Å². The lowest BCUT2D eigenvalue weighted by molar-refractivity contribution is 0.279. The molecule has 2 N–H and O–H groups in total. The van der Waals surface area contributed by atoms with Gasteiger partial charge in [0.05, 0.1) is 13.2 Å². The first-order valence-corrected chi connectivity index (χ1v) is 6.82. The lowest BCUT2D eigenvalue weighted by atomic mass is 10.1. The number of benzene rings is 1. The zero-order valence-electron chi connectivity index (χ0n) is 11.1. The van der Waals surface area contributed by atoms with Crippen LogP contribution < -0.4 is 4.90 Å². The first-order valence-electron chi connectivity index (χ1n) is 6.44. The van der Waals surface area contributed by atoms with Crippen LogP contribution in [0, 0.1) is 0 Å². The van der Waals surface area contributed by atoms with Crippen LogP contribution >= 0.6 is 11.6 Å². The minimum absolute atomic E-state index is 0.0437. The fraction of sp³-hybridized carbons (Fsp3) is 0.571. The monoisotopic (exact) mass is 271 g/mol. The predicted molar refractivity (Wildman–Crippen MR) is 76.2 cm³/mol. The molecule has 0 saturated carbocycles. The SMILES string of the molecule is CCC(CC)N(CCO)c1ccc(Cl)cc1CO. The Morgan fingerprint density at radius 2 is 1.89 bits per heavy atom. The topological polar surface area (TPSA) is 43.7 Å². The summed E-state index contributed by atoms with van der Waals surface area (Å²) in [5.41, 5.74) is 1.77. The largest absolute Gasteiger partial charge is 0.395 e. The molecule has 0 radical (unpaired) electrons. The maximum absolute atomic E-state index is 9.44. The standard InChI is InChI=1S/C14H22ClNO2/c1-3-13(4-2)16(7-8-17)14-6-5-12(15)9-11(14)10-18/h5-6,9,13,17-18H,3-4,7-8,10H2,1-2H3. The highest BCUT2D eigenvalue weighted by atomic mass is 35.5. The van der Waals surface area contributed by atoms with Gasteiger partial charge in [-0.05, 0) is 31.0 Å². The molecule has 0 bridgehead atoms. The highest BCUT2D eigenvalue weighted by Gasteiger charge is 2.18. The van der Waals surface area contributed by atoms with E-state index >= 15 is 0 Å². The smallest absolute Gasteiger partial charge is 0.0702 e. The van der Waals surface area contributed by atoms with E-state index in [1.807, 2.05) is 12.1 Å². The van der Waals surface area contributed by atoms with E-state index in [0.29, 0.717) is 17.6 Å². The van der Waals surface area contributed by atoms with Gasteiger partial charge in [0.25, 0.3) is 0 Å². The third-order valence-corrected chi connectivity index (χ3v) is 3.48. The van der Waals surface area contributed by atoms with Crippen molar-refractivity contribution in [3.8, 4) is 0 Å². The molecular weight excluding hydrogens is 250 g/mol.